The van der Waals surface area contributed by atoms with Crippen LogP contribution in [0.2, 0.25) is 0 Å². The number of rotatable bonds is 6. The zero-order chi connectivity index (χ0) is 12.0. The van der Waals surface area contributed by atoms with Gasteiger partial charge in [-0.3, -0.25) is 0 Å². The van der Waals surface area contributed by atoms with Gasteiger partial charge in [0, 0.05) is 12.1 Å². The zero-order valence-corrected chi connectivity index (χ0v) is 9.75. The van der Waals surface area contributed by atoms with Crippen LogP contribution in [0.1, 0.15) is 32.3 Å². The summed E-state index contributed by atoms with van der Waals surface area (Å²) in [5, 5.41) is 7.44. The van der Waals surface area contributed by atoms with Gasteiger partial charge in [-0.05, 0) is 50.1 Å². The Morgan fingerprint density at radius 1 is 1.25 bits per heavy atom. The van der Waals surface area contributed by atoms with Crippen LogP contribution < -0.4 is 4.74 Å². The predicted octanol–water partition coefficient (Wildman–Crippen LogP) is 2.82. The Balaban J connectivity index is 2.38. The number of hydrogen-bond acceptors (Lipinski definition) is 3. The minimum Gasteiger partial charge on any atom is -0.494 e. The van der Waals surface area contributed by atoms with Crippen LogP contribution in [0.15, 0.2) is 24.3 Å². The van der Waals surface area contributed by atoms with Gasteiger partial charge < -0.3 is 14.9 Å². The molecule has 0 spiro atoms. The molecule has 3 heteroatoms. The second-order valence-electron chi connectivity index (χ2n) is 3.80. The standard InChI is InChI=1S/C13H17NO2/c1-10(15)4-3-9-16-13-7-5-12(6-8-13)11(2)14/h5-8,14H,3-4,9H2,1-2H3. The third-order valence-corrected chi connectivity index (χ3v) is 2.23. The van der Waals surface area contributed by atoms with Crippen molar-refractivity contribution >= 4 is 11.5 Å². The van der Waals surface area contributed by atoms with Gasteiger partial charge in [-0.2, -0.15) is 0 Å². The first-order chi connectivity index (χ1) is 7.59. The van der Waals surface area contributed by atoms with Crippen LogP contribution >= 0.6 is 0 Å². The highest BCUT2D eigenvalue weighted by Gasteiger charge is 1.98. The number of hydrogen-bond donors (Lipinski definition) is 1. The SMILES string of the molecule is CC(=N)c1ccc(OCCCC(C)=O)cc1. The van der Waals surface area contributed by atoms with E-state index >= 15 is 0 Å². The second kappa shape index (κ2) is 6.05. The second-order valence-corrected chi connectivity index (χ2v) is 3.80. The van der Waals surface area contributed by atoms with Crippen molar-refractivity contribution in [2.45, 2.75) is 26.7 Å². The molecule has 86 valence electrons. The van der Waals surface area contributed by atoms with E-state index in [1.807, 2.05) is 24.3 Å². The molecule has 0 saturated heterocycles. The summed E-state index contributed by atoms with van der Waals surface area (Å²) in [6.45, 7) is 3.90. The minimum atomic E-state index is 0.193. The van der Waals surface area contributed by atoms with Gasteiger partial charge in [-0.1, -0.05) is 0 Å². The van der Waals surface area contributed by atoms with Gasteiger partial charge in [0.15, 0.2) is 0 Å². The van der Waals surface area contributed by atoms with Gasteiger partial charge in [-0.25, -0.2) is 0 Å². The summed E-state index contributed by atoms with van der Waals surface area (Å²) in [6, 6.07) is 7.42. The van der Waals surface area contributed by atoms with E-state index in [9.17, 15) is 4.79 Å². The Hall–Kier alpha value is -1.64. The average Bonchev–Trinajstić information content (AvgIpc) is 2.25. The van der Waals surface area contributed by atoms with Crippen LogP contribution in [0, 0.1) is 5.41 Å². The molecule has 0 fully saturated rings. The molecular weight excluding hydrogens is 202 g/mol. The number of Topliss-reactive ketones (excluding diaryl/α,β-unsaturated/α-hetero) is 1. The molecule has 1 aromatic rings. The van der Waals surface area contributed by atoms with E-state index in [-0.39, 0.29) is 5.78 Å². The van der Waals surface area contributed by atoms with E-state index < -0.39 is 0 Å². The van der Waals surface area contributed by atoms with E-state index in [4.69, 9.17) is 10.1 Å². The fourth-order valence-electron chi connectivity index (χ4n) is 1.31. The third kappa shape index (κ3) is 4.26. The Kier molecular flexibility index (Phi) is 4.70. The molecule has 0 aliphatic carbocycles. The maximum Gasteiger partial charge on any atom is 0.129 e. The van der Waals surface area contributed by atoms with E-state index in [1.54, 1.807) is 13.8 Å². The maximum absolute atomic E-state index is 10.7. The Labute approximate surface area is 95.9 Å². The Morgan fingerprint density at radius 3 is 2.38 bits per heavy atom. The van der Waals surface area contributed by atoms with E-state index in [0.717, 1.165) is 17.7 Å². The molecule has 0 aromatic heterocycles. The molecule has 0 unspecified atom stereocenters. The number of carbonyl (C=O) groups excluding carboxylic acids is 1. The van der Waals surface area contributed by atoms with Gasteiger partial charge in [0.2, 0.25) is 0 Å². The van der Waals surface area contributed by atoms with E-state index in [2.05, 4.69) is 0 Å². The highest BCUT2D eigenvalue weighted by atomic mass is 16.5. The van der Waals surface area contributed by atoms with E-state index in [1.165, 1.54) is 0 Å². The van der Waals surface area contributed by atoms with Crippen molar-refractivity contribution in [3.63, 3.8) is 0 Å². The number of ketones is 1. The molecule has 1 N–H and O–H groups in total. The van der Waals surface area contributed by atoms with Crippen LogP contribution in [-0.4, -0.2) is 18.1 Å². The summed E-state index contributed by atoms with van der Waals surface area (Å²) in [6.07, 6.45) is 1.32. The van der Waals surface area contributed by atoms with Crippen molar-refractivity contribution in [3.05, 3.63) is 29.8 Å². The number of ether oxygens (including phenoxy) is 1. The topological polar surface area (TPSA) is 50.1 Å². The molecule has 0 radical (unpaired) electrons. The van der Waals surface area contributed by atoms with Crippen molar-refractivity contribution in [2.24, 2.45) is 0 Å². The van der Waals surface area contributed by atoms with Crippen molar-refractivity contribution in [3.8, 4) is 5.75 Å². The van der Waals surface area contributed by atoms with Crippen molar-refractivity contribution in [1.82, 2.24) is 0 Å². The molecule has 0 aliphatic rings. The minimum absolute atomic E-state index is 0.193. The van der Waals surface area contributed by atoms with Crippen LogP contribution in [0.4, 0.5) is 0 Å². The Morgan fingerprint density at radius 2 is 1.88 bits per heavy atom. The molecule has 16 heavy (non-hydrogen) atoms. The summed E-state index contributed by atoms with van der Waals surface area (Å²) >= 11 is 0. The lowest BCUT2D eigenvalue weighted by molar-refractivity contribution is -0.117. The van der Waals surface area contributed by atoms with Crippen LogP contribution in [0.3, 0.4) is 0 Å². The first-order valence-corrected chi connectivity index (χ1v) is 5.37. The fourth-order valence-corrected chi connectivity index (χ4v) is 1.31. The molecule has 0 heterocycles. The molecule has 3 nitrogen and oxygen atoms in total. The van der Waals surface area contributed by atoms with E-state index in [0.29, 0.717) is 18.7 Å². The summed E-state index contributed by atoms with van der Waals surface area (Å²) in [4.78, 5) is 10.7. The number of carbonyl (C=O) groups is 1. The largest absolute Gasteiger partial charge is 0.494 e. The summed E-state index contributed by atoms with van der Waals surface area (Å²) in [5.74, 6) is 0.979. The summed E-state index contributed by atoms with van der Waals surface area (Å²) < 4.78 is 5.47. The van der Waals surface area contributed by atoms with Gasteiger partial charge in [0.1, 0.15) is 11.5 Å². The first-order valence-electron chi connectivity index (χ1n) is 5.37. The Bertz CT molecular complexity index is 368. The number of nitrogens with one attached hydrogen (secondary N) is 1. The lowest BCUT2D eigenvalue weighted by Crippen LogP contribution is -2.00. The zero-order valence-electron chi connectivity index (χ0n) is 9.75. The summed E-state index contributed by atoms with van der Waals surface area (Å²) in [7, 11) is 0. The molecule has 0 bridgehead atoms. The first kappa shape index (κ1) is 12.4. The third-order valence-electron chi connectivity index (χ3n) is 2.23. The van der Waals surface area contributed by atoms with Gasteiger partial charge in [-0.15, -0.1) is 0 Å². The molecular formula is C13H17NO2. The van der Waals surface area contributed by atoms with Gasteiger partial charge in [0.05, 0.1) is 6.61 Å². The van der Waals surface area contributed by atoms with Crippen molar-refractivity contribution < 1.29 is 9.53 Å². The van der Waals surface area contributed by atoms with Crippen LogP contribution in [0.5, 0.6) is 5.75 Å². The smallest absolute Gasteiger partial charge is 0.129 e. The average molecular weight is 219 g/mol. The quantitative estimate of drug-likeness (QED) is 0.590. The molecule has 1 aromatic carbocycles. The highest BCUT2D eigenvalue weighted by molar-refractivity contribution is 5.96. The molecule has 1 rings (SSSR count). The van der Waals surface area contributed by atoms with Crippen LogP contribution in [-0.2, 0) is 4.79 Å². The lowest BCUT2D eigenvalue weighted by Gasteiger charge is -2.06. The number of benzene rings is 1. The molecule has 0 atom stereocenters. The normalized spacial score (nSPS) is 9.88. The predicted molar refractivity (Wildman–Crippen MR) is 64.4 cm³/mol. The molecule has 0 saturated carbocycles. The van der Waals surface area contributed by atoms with Crippen LogP contribution in [0.25, 0.3) is 0 Å². The monoisotopic (exact) mass is 219 g/mol. The molecule has 0 aliphatic heterocycles. The maximum atomic E-state index is 10.7. The van der Waals surface area contributed by atoms with Gasteiger partial charge in [0.25, 0.3) is 0 Å². The summed E-state index contributed by atoms with van der Waals surface area (Å²) in [5.41, 5.74) is 1.44. The molecule has 0 amide bonds. The van der Waals surface area contributed by atoms with Crippen molar-refractivity contribution in [2.75, 3.05) is 6.61 Å². The lowest BCUT2D eigenvalue weighted by atomic mass is 10.1. The van der Waals surface area contributed by atoms with Crippen molar-refractivity contribution in [1.29, 1.82) is 5.41 Å². The highest BCUT2D eigenvalue weighted by Crippen LogP contribution is 2.12. The van der Waals surface area contributed by atoms with Gasteiger partial charge >= 0.3 is 0 Å². The fraction of sp³-hybridized carbons (Fsp3) is 0.385.